The highest BCUT2D eigenvalue weighted by atomic mass is 32.2. The van der Waals surface area contributed by atoms with Gasteiger partial charge in [-0.2, -0.15) is 0 Å². The lowest BCUT2D eigenvalue weighted by atomic mass is 9.71. The summed E-state index contributed by atoms with van der Waals surface area (Å²) in [5.41, 5.74) is 2.69. The zero-order chi connectivity index (χ0) is 25.5. The molecule has 0 bridgehead atoms. The predicted molar refractivity (Wildman–Crippen MR) is 149 cm³/mol. The minimum atomic E-state index is -0.456. The molecule has 2 aliphatic heterocycles. The Kier molecular flexibility index (Phi) is 8.66. The van der Waals surface area contributed by atoms with Crippen molar-refractivity contribution in [3.8, 4) is 17.1 Å². The van der Waals surface area contributed by atoms with Gasteiger partial charge in [0.05, 0.1) is 5.69 Å². The van der Waals surface area contributed by atoms with E-state index in [9.17, 15) is 4.39 Å². The van der Waals surface area contributed by atoms with Crippen LogP contribution >= 0.6 is 11.8 Å². The van der Waals surface area contributed by atoms with E-state index in [0.717, 1.165) is 59.8 Å². The van der Waals surface area contributed by atoms with Crippen LogP contribution in [0.3, 0.4) is 0 Å². The molecular weight excluding hydrogens is 485 g/mol. The van der Waals surface area contributed by atoms with E-state index in [4.69, 9.17) is 4.74 Å². The third-order valence-corrected chi connectivity index (χ3v) is 9.10. The van der Waals surface area contributed by atoms with E-state index in [0.29, 0.717) is 5.41 Å². The van der Waals surface area contributed by atoms with E-state index in [1.54, 1.807) is 11.8 Å². The molecule has 0 aliphatic carbocycles. The molecule has 2 aromatic carbocycles. The molecule has 0 saturated carbocycles. The van der Waals surface area contributed by atoms with Crippen LogP contribution in [0.4, 0.5) is 10.1 Å². The zero-order valence-corrected chi connectivity index (χ0v) is 22.6. The second-order valence-electron chi connectivity index (χ2n) is 10.3. The number of hydrogen-bond donors (Lipinski definition) is 0. The van der Waals surface area contributed by atoms with Crippen LogP contribution < -0.4 is 9.64 Å². The number of ether oxygens (including phenoxy) is 1. The Balaban J connectivity index is 1.04. The van der Waals surface area contributed by atoms with Gasteiger partial charge in [0.2, 0.25) is 0 Å². The predicted octanol–water partition coefficient (Wildman–Crippen LogP) is 5.70. The average molecular weight is 524 g/mol. The van der Waals surface area contributed by atoms with Crippen molar-refractivity contribution in [2.75, 3.05) is 56.7 Å². The number of rotatable bonds is 10. The van der Waals surface area contributed by atoms with Crippen LogP contribution in [-0.2, 0) is 7.05 Å². The summed E-state index contributed by atoms with van der Waals surface area (Å²) in [5, 5.41) is 9.80. The van der Waals surface area contributed by atoms with Crippen LogP contribution in [0.1, 0.15) is 32.1 Å². The lowest BCUT2D eigenvalue weighted by Crippen LogP contribution is -2.47. The van der Waals surface area contributed by atoms with Gasteiger partial charge in [-0.3, -0.25) is 0 Å². The maximum Gasteiger partial charge on any atom is 0.191 e. The number of halogens is 1. The number of benzene rings is 2. The monoisotopic (exact) mass is 523 g/mol. The van der Waals surface area contributed by atoms with Crippen molar-refractivity contribution in [3.05, 3.63) is 54.6 Å². The van der Waals surface area contributed by atoms with Crippen LogP contribution in [0.2, 0.25) is 0 Å². The summed E-state index contributed by atoms with van der Waals surface area (Å²) < 4.78 is 20.4. The summed E-state index contributed by atoms with van der Waals surface area (Å²) in [6.45, 7) is 5.31. The molecular formula is C29H38FN5OS. The van der Waals surface area contributed by atoms with Crippen LogP contribution in [0.5, 0.6) is 5.75 Å². The number of para-hydroxylation sites is 2. The van der Waals surface area contributed by atoms with Gasteiger partial charge >= 0.3 is 0 Å². The van der Waals surface area contributed by atoms with Crippen molar-refractivity contribution in [1.82, 2.24) is 19.7 Å². The van der Waals surface area contributed by atoms with Crippen LogP contribution in [0.15, 0.2) is 59.8 Å². The molecule has 1 spiro atoms. The SMILES string of the molecule is Cn1c(SCCCN2CCC3(CC2)CCN(c2ccccc2OCCF)CC3)nnc1-c1ccccc1. The van der Waals surface area contributed by atoms with Gasteiger partial charge in [0, 0.05) is 31.5 Å². The van der Waals surface area contributed by atoms with E-state index < -0.39 is 6.67 Å². The number of hydrogen-bond acceptors (Lipinski definition) is 6. The average Bonchev–Trinajstić information content (AvgIpc) is 3.32. The third kappa shape index (κ3) is 6.29. The first-order valence-corrected chi connectivity index (χ1v) is 14.5. The van der Waals surface area contributed by atoms with Gasteiger partial charge in [-0.05, 0) is 69.3 Å². The maximum absolute atomic E-state index is 12.6. The van der Waals surface area contributed by atoms with Gasteiger partial charge in [-0.1, -0.05) is 54.2 Å². The number of alkyl halides is 1. The molecule has 2 aliphatic rings. The van der Waals surface area contributed by atoms with Gasteiger partial charge < -0.3 is 19.1 Å². The molecule has 198 valence electrons. The fourth-order valence-corrected chi connectivity index (χ4v) is 6.53. The molecule has 0 radical (unpaired) electrons. The number of anilines is 1. The molecule has 1 aromatic heterocycles. The Hall–Kier alpha value is -2.58. The Labute approximate surface area is 224 Å². The Morgan fingerprint density at radius 3 is 2.38 bits per heavy atom. The van der Waals surface area contributed by atoms with E-state index >= 15 is 0 Å². The molecule has 0 N–H and O–H groups in total. The molecule has 0 unspecified atom stereocenters. The largest absolute Gasteiger partial charge is 0.489 e. The summed E-state index contributed by atoms with van der Waals surface area (Å²) in [7, 11) is 2.05. The van der Waals surface area contributed by atoms with Crippen LogP contribution in [0, 0.1) is 5.41 Å². The van der Waals surface area contributed by atoms with Gasteiger partial charge in [-0.15, -0.1) is 10.2 Å². The molecule has 2 saturated heterocycles. The summed E-state index contributed by atoms with van der Waals surface area (Å²) in [6, 6.07) is 18.3. The van der Waals surface area contributed by atoms with Gasteiger partial charge in [0.25, 0.3) is 0 Å². The molecule has 2 fully saturated rings. The topological polar surface area (TPSA) is 46.4 Å². The highest BCUT2D eigenvalue weighted by Gasteiger charge is 2.37. The van der Waals surface area contributed by atoms with Crippen molar-refractivity contribution in [3.63, 3.8) is 0 Å². The molecule has 37 heavy (non-hydrogen) atoms. The number of nitrogens with zero attached hydrogens (tertiary/aromatic N) is 5. The maximum atomic E-state index is 12.6. The lowest BCUT2D eigenvalue weighted by Gasteiger charge is -2.47. The number of aromatic nitrogens is 3. The Bertz CT molecular complexity index is 1120. The molecule has 8 heteroatoms. The van der Waals surface area contributed by atoms with Gasteiger partial charge in [-0.25, -0.2) is 4.39 Å². The highest BCUT2D eigenvalue weighted by Crippen LogP contribution is 2.43. The van der Waals surface area contributed by atoms with Crippen LogP contribution in [-0.4, -0.2) is 71.4 Å². The van der Waals surface area contributed by atoms with Crippen molar-refractivity contribution in [1.29, 1.82) is 0 Å². The summed E-state index contributed by atoms with van der Waals surface area (Å²) in [4.78, 5) is 5.07. The number of thioether (sulfide) groups is 1. The van der Waals surface area contributed by atoms with Crippen molar-refractivity contribution >= 4 is 17.4 Å². The summed E-state index contributed by atoms with van der Waals surface area (Å²) in [6.07, 6.45) is 6.19. The zero-order valence-electron chi connectivity index (χ0n) is 21.8. The van der Waals surface area contributed by atoms with Gasteiger partial charge in [0.15, 0.2) is 11.0 Å². The molecule has 5 rings (SSSR count). The molecule has 6 nitrogen and oxygen atoms in total. The highest BCUT2D eigenvalue weighted by molar-refractivity contribution is 7.99. The minimum Gasteiger partial charge on any atom is -0.489 e. The van der Waals surface area contributed by atoms with Crippen LogP contribution in [0.25, 0.3) is 11.4 Å². The van der Waals surface area contributed by atoms with Crippen molar-refractivity contribution < 1.29 is 9.13 Å². The van der Waals surface area contributed by atoms with E-state index in [-0.39, 0.29) is 6.61 Å². The molecule has 0 atom stereocenters. The fourth-order valence-electron chi connectivity index (χ4n) is 5.69. The Morgan fingerprint density at radius 1 is 0.919 bits per heavy atom. The van der Waals surface area contributed by atoms with Crippen molar-refractivity contribution in [2.24, 2.45) is 12.5 Å². The second-order valence-corrected chi connectivity index (χ2v) is 11.3. The second kappa shape index (κ2) is 12.3. The third-order valence-electron chi connectivity index (χ3n) is 8.00. The standard InChI is InChI=1S/C29H38FN5OS/c1-33-27(24-8-3-2-4-9-24)31-32-28(33)37-23-7-17-34-18-12-29(13-19-34)14-20-35(21-15-29)25-10-5-6-11-26(25)36-22-16-30/h2-6,8-11H,7,12-23H2,1H3. The fraction of sp³-hybridized carbons (Fsp3) is 0.517. The Morgan fingerprint density at radius 2 is 1.62 bits per heavy atom. The minimum absolute atomic E-state index is 0.121. The van der Waals surface area contributed by atoms with E-state index in [1.807, 2.05) is 36.4 Å². The summed E-state index contributed by atoms with van der Waals surface area (Å²) in [5.74, 6) is 2.79. The number of piperidine rings is 2. The number of likely N-dealkylation sites (tertiary alicyclic amines) is 1. The van der Waals surface area contributed by atoms with E-state index in [2.05, 4.69) is 49.8 Å². The van der Waals surface area contributed by atoms with Gasteiger partial charge in [0.1, 0.15) is 19.0 Å². The first-order chi connectivity index (χ1) is 18.2. The molecule has 3 heterocycles. The van der Waals surface area contributed by atoms with E-state index in [1.165, 1.54) is 38.8 Å². The lowest BCUT2D eigenvalue weighted by molar-refractivity contribution is 0.0801. The first-order valence-electron chi connectivity index (χ1n) is 13.5. The quantitative estimate of drug-likeness (QED) is 0.251. The smallest absolute Gasteiger partial charge is 0.191 e. The summed E-state index contributed by atoms with van der Waals surface area (Å²) >= 11 is 1.80. The van der Waals surface area contributed by atoms with Crippen molar-refractivity contribution in [2.45, 2.75) is 37.3 Å². The first kappa shape index (κ1) is 26.0. The molecule has 3 aromatic rings. The normalized spacial score (nSPS) is 17.8. The molecule has 0 amide bonds.